The molecule has 0 aromatic carbocycles. The molecule has 1 aromatic rings. The third-order valence-corrected chi connectivity index (χ3v) is 3.51. The number of aromatic nitrogens is 2. The summed E-state index contributed by atoms with van der Waals surface area (Å²) >= 11 is 0. The molecule has 0 amide bonds. The van der Waals surface area contributed by atoms with Crippen LogP contribution in [0, 0.1) is 10.1 Å². The second kappa shape index (κ2) is 6.14. The average Bonchev–Trinajstić information content (AvgIpc) is 3.14. The fourth-order valence-electron chi connectivity index (χ4n) is 2.35. The van der Waals surface area contributed by atoms with Gasteiger partial charge in [-0.25, -0.2) is 0 Å². The Kier molecular flexibility index (Phi) is 4.52. The third kappa shape index (κ3) is 3.32. The van der Waals surface area contributed by atoms with Gasteiger partial charge in [0, 0.05) is 12.6 Å². The first kappa shape index (κ1) is 14.0. The van der Waals surface area contributed by atoms with Crippen molar-refractivity contribution in [3.05, 3.63) is 21.5 Å². The van der Waals surface area contributed by atoms with Crippen molar-refractivity contribution in [1.29, 1.82) is 0 Å². The van der Waals surface area contributed by atoms with Crippen LogP contribution >= 0.6 is 0 Å². The summed E-state index contributed by atoms with van der Waals surface area (Å²) in [6, 6.07) is 0.712. The molecular formula is C13H22N4O2. The number of aryl methyl sites for hydroxylation is 2. The molecule has 6 nitrogen and oxygen atoms in total. The summed E-state index contributed by atoms with van der Waals surface area (Å²) in [6.07, 6.45) is 4.79. The molecule has 0 aliphatic heterocycles. The molecule has 0 atom stereocenters. The van der Waals surface area contributed by atoms with Crippen molar-refractivity contribution in [2.75, 3.05) is 6.54 Å². The predicted molar refractivity (Wildman–Crippen MR) is 73.3 cm³/mol. The Hall–Kier alpha value is -1.43. The quantitative estimate of drug-likeness (QED) is 0.444. The molecular weight excluding hydrogens is 244 g/mol. The predicted octanol–water partition coefficient (Wildman–Crippen LogP) is 2.06. The third-order valence-electron chi connectivity index (χ3n) is 3.51. The molecule has 1 heterocycles. The molecule has 1 aromatic heterocycles. The highest BCUT2D eigenvalue weighted by atomic mass is 16.6. The first-order valence-corrected chi connectivity index (χ1v) is 7.13. The van der Waals surface area contributed by atoms with Crippen LogP contribution in [-0.4, -0.2) is 27.3 Å². The minimum absolute atomic E-state index is 0.222. The van der Waals surface area contributed by atoms with Gasteiger partial charge in [-0.05, 0) is 38.6 Å². The lowest BCUT2D eigenvalue weighted by atomic mass is 10.2. The number of rotatable bonds is 8. The Bertz CT molecular complexity index is 452. The second-order valence-corrected chi connectivity index (χ2v) is 5.01. The van der Waals surface area contributed by atoms with E-state index in [9.17, 15) is 10.1 Å². The minimum atomic E-state index is -0.288. The van der Waals surface area contributed by atoms with Gasteiger partial charge < -0.3 is 5.32 Å². The van der Waals surface area contributed by atoms with E-state index >= 15 is 0 Å². The average molecular weight is 266 g/mol. The molecule has 1 N–H and O–H groups in total. The molecule has 0 unspecified atom stereocenters. The van der Waals surface area contributed by atoms with Gasteiger partial charge in [0.1, 0.15) is 11.4 Å². The van der Waals surface area contributed by atoms with Gasteiger partial charge in [-0.1, -0.05) is 13.8 Å². The van der Waals surface area contributed by atoms with Crippen LogP contribution in [0.5, 0.6) is 0 Å². The first-order valence-electron chi connectivity index (χ1n) is 7.13. The van der Waals surface area contributed by atoms with Crippen LogP contribution in [-0.2, 0) is 19.4 Å². The SMILES string of the molecule is CCc1nn(CCCNC2CC2)c(CC)c1[N+](=O)[O-]. The van der Waals surface area contributed by atoms with Gasteiger partial charge in [0.2, 0.25) is 0 Å². The highest BCUT2D eigenvalue weighted by Crippen LogP contribution is 2.25. The van der Waals surface area contributed by atoms with E-state index in [1.165, 1.54) is 12.8 Å². The largest absolute Gasteiger partial charge is 0.314 e. The van der Waals surface area contributed by atoms with Crippen LogP contribution in [0.25, 0.3) is 0 Å². The van der Waals surface area contributed by atoms with Crippen LogP contribution in [0.1, 0.15) is 44.5 Å². The standard InChI is InChI=1S/C13H22N4O2/c1-3-11-13(17(18)19)12(4-2)16(15-11)9-5-8-14-10-6-7-10/h10,14H,3-9H2,1-2H3. The molecule has 1 fully saturated rings. The number of nitro groups is 1. The molecule has 1 aliphatic carbocycles. The fraction of sp³-hybridized carbons (Fsp3) is 0.769. The molecule has 0 bridgehead atoms. The maximum absolute atomic E-state index is 11.1. The molecule has 0 radical (unpaired) electrons. The Morgan fingerprint density at radius 3 is 2.68 bits per heavy atom. The number of nitrogens with one attached hydrogen (secondary N) is 1. The van der Waals surface area contributed by atoms with E-state index in [4.69, 9.17) is 0 Å². The molecule has 19 heavy (non-hydrogen) atoms. The summed E-state index contributed by atoms with van der Waals surface area (Å²) in [5.41, 5.74) is 1.59. The zero-order valence-electron chi connectivity index (χ0n) is 11.7. The van der Waals surface area contributed by atoms with Crippen LogP contribution < -0.4 is 5.32 Å². The first-order chi connectivity index (χ1) is 9.17. The van der Waals surface area contributed by atoms with Gasteiger partial charge in [-0.15, -0.1) is 0 Å². The van der Waals surface area contributed by atoms with E-state index in [0.717, 1.165) is 25.2 Å². The lowest BCUT2D eigenvalue weighted by Gasteiger charge is -2.05. The highest BCUT2D eigenvalue weighted by molar-refractivity contribution is 5.41. The van der Waals surface area contributed by atoms with Crippen molar-refractivity contribution in [2.45, 2.75) is 58.5 Å². The smallest absolute Gasteiger partial charge is 0.313 e. The maximum atomic E-state index is 11.1. The van der Waals surface area contributed by atoms with Crippen molar-refractivity contribution < 1.29 is 4.92 Å². The fourth-order valence-corrected chi connectivity index (χ4v) is 2.35. The van der Waals surface area contributed by atoms with E-state index in [1.54, 1.807) is 0 Å². The van der Waals surface area contributed by atoms with Crippen molar-refractivity contribution in [2.24, 2.45) is 0 Å². The zero-order chi connectivity index (χ0) is 13.8. The molecule has 1 aliphatic rings. The normalized spacial score (nSPS) is 14.8. The maximum Gasteiger partial charge on any atom is 0.313 e. The molecule has 106 valence electrons. The lowest BCUT2D eigenvalue weighted by molar-refractivity contribution is -0.386. The van der Waals surface area contributed by atoms with E-state index in [-0.39, 0.29) is 10.6 Å². The summed E-state index contributed by atoms with van der Waals surface area (Å²) in [7, 11) is 0. The van der Waals surface area contributed by atoms with Crippen LogP contribution in [0.2, 0.25) is 0 Å². The van der Waals surface area contributed by atoms with Gasteiger partial charge in [-0.2, -0.15) is 5.10 Å². The lowest BCUT2D eigenvalue weighted by Crippen LogP contribution is -2.19. The Morgan fingerprint density at radius 1 is 1.42 bits per heavy atom. The van der Waals surface area contributed by atoms with E-state index in [0.29, 0.717) is 24.6 Å². The van der Waals surface area contributed by atoms with Gasteiger partial charge in [0.05, 0.1) is 4.92 Å². The monoisotopic (exact) mass is 266 g/mol. The van der Waals surface area contributed by atoms with Gasteiger partial charge >= 0.3 is 5.69 Å². The summed E-state index contributed by atoms with van der Waals surface area (Å²) in [5, 5.41) is 19.0. The van der Waals surface area contributed by atoms with Crippen molar-refractivity contribution in [1.82, 2.24) is 15.1 Å². The Morgan fingerprint density at radius 2 is 2.16 bits per heavy atom. The minimum Gasteiger partial charge on any atom is -0.314 e. The number of hydrogen-bond donors (Lipinski definition) is 1. The van der Waals surface area contributed by atoms with Crippen molar-refractivity contribution >= 4 is 5.69 Å². The van der Waals surface area contributed by atoms with Crippen LogP contribution in [0.4, 0.5) is 5.69 Å². The summed E-state index contributed by atoms with van der Waals surface area (Å²) in [5.74, 6) is 0. The Balaban J connectivity index is 2.03. The second-order valence-electron chi connectivity index (χ2n) is 5.01. The van der Waals surface area contributed by atoms with Gasteiger partial charge in [0.25, 0.3) is 0 Å². The zero-order valence-corrected chi connectivity index (χ0v) is 11.7. The van der Waals surface area contributed by atoms with Crippen molar-refractivity contribution in [3.8, 4) is 0 Å². The highest BCUT2D eigenvalue weighted by Gasteiger charge is 2.25. The van der Waals surface area contributed by atoms with Crippen LogP contribution in [0.15, 0.2) is 0 Å². The summed E-state index contributed by atoms with van der Waals surface area (Å²) in [4.78, 5) is 10.9. The Labute approximate surface area is 113 Å². The topological polar surface area (TPSA) is 73.0 Å². The van der Waals surface area contributed by atoms with Crippen LogP contribution in [0.3, 0.4) is 0 Å². The molecule has 0 spiro atoms. The molecule has 0 saturated heterocycles. The summed E-state index contributed by atoms with van der Waals surface area (Å²) < 4.78 is 1.82. The van der Waals surface area contributed by atoms with E-state index in [2.05, 4.69) is 10.4 Å². The van der Waals surface area contributed by atoms with Crippen molar-refractivity contribution in [3.63, 3.8) is 0 Å². The van der Waals surface area contributed by atoms with E-state index < -0.39 is 0 Å². The van der Waals surface area contributed by atoms with Gasteiger partial charge in [0.15, 0.2) is 0 Å². The van der Waals surface area contributed by atoms with Gasteiger partial charge in [-0.3, -0.25) is 14.8 Å². The van der Waals surface area contributed by atoms with E-state index in [1.807, 2.05) is 18.5 Å². The molecule has 2 rings (SSSR count). The molecule has 6 heteroatoms. The summed E-state index contributed by atoms with van der Waals surface area (Å²) in [6.45, 7) is 5.57. The number of hydrogen-bond acceptors (Lipinski definition) is 4. The number of nitrogens with zero attached hydrogens (tertiary/aromatic N) is 3. The molecule has 1 saturated carbocycles.